The van der Waals surface area contributed by atoms with Gasteiger partial charge in [-0.15, -0.1) is 0 Å². The van der Waals surface area contributed by atoms with Gasteiger partial charge in [-0.05, 0) is 41.5 Å². The van der Waals surface area contributed by atoms with E-state index in [0.717, 1.165) is 0 Å². The summed E-state index contributed by atoms with van der Waals surface area (Å²) in [7, 11) is -3.02. The Morgan fingerprint density at radius 2 is 1.00 bits per heavy atom. The minimum atomic E-state index is -3.02. The standard InChI is InChI=1S/C6HBF4O2.2C6H15N/c8-2-1-3(9)5(10)6(11)4(2)7(12)13;2*1-4-7(5-2)6-3/h1H;2*4-6H2,1-3H3/q-2;;/p+2. The van der Waals surface area contributed by atoms with Gasteiger partial charge in [0.15, 0.2) is 17.5 Å². The van der Waals surface area contributed by atoms with Gasteiger partial charge in [0.1, 0.15) is 5.82 Å². The molecule has 1 rings (SSSR count). The molecule has 158 valence electrons. The fourth-order valence-electron chi connectivity index (χ4n) is 2.30. The van der Waals surface area contributed by atoms with Crippen LogP contribution in [0.2, 0.25) is 0 Å². The third kappa shape index (κ3) is 10.7. The summed E-state index contributed by atoms with van der Waals surface area (Å²) < 4.78 is 49.6. The van der Waals surface area contributed by atoms with Gasteiger partial charge in [-0.1, -0.05) is 12.6 Å². The molecule has 1 aromatic carbocycles. The van der Waals surface area contributed by atoms with E-state index in [1.165, 1.54) is 39.3 Å². The Morgan fingerprint density at radius 1 is 0.667 bits per heavy atom. The fraction of sp³-hybridized carbons (Fsp3) is 0.667. The first-order valence-electron chi connectivity index (χ1n) is 9.46. The van der Waals surface area contributed by atoms with E-state index in [4.69, 9.17) is 0 Å². The lowest BCUT2D eigenvalue weighted by Gasteiger charge is -2.27. The fourth-order valence-corrected chi connectivity index (χ4v) is 2.30. The average molecular weight is 396 g/mol. The van der Waals surface area contributed by atoms with Crippen molar-refractivity contribution in [2.45, 2.75) is 41.5 Å². The second-order valence-corrected chi connectivity index (χ2v) is 5.84. The number of benzene rings is 1. The molecule has 4 nitrogen and oxygen atoms in total. The van der Waals surface area contributed by atoms with Gasteiger partial charge >= 0.3 is 0 Å². The summed E-state index contributed by atoms with van der Waals surface area (Å²) in [4.78, 5) is 3.36. The van der Waals surface area contributed by atoms with Crippen molar-refractivity contribution in [2.75, 3.05) is 39.3 Å². The third-order valence-corrected chi connectivity index (χ3v) is 4.39. The summed E-state index contributed by atoms with van der Waals surface area (Å²) in [6.45, 7) is 21.0. The molecule has 0 saturated carbocycles. The lowest BCUT2D eigenvalue weighted by molar-refractivity contribution is -0.894. The predicted octanol–water partition coefficient (Wildman–Crippen LogP) is -1.48. The highest BCUT2D eigenvalue weighted by molar-refractivity contribution is 6.55. The molecule has 0 spiro atoms. The number of hydrogen-bond acceptors (Lipinski definition) is 2. The van der Waals surface area contributed by atoms with Gasteiger partial charge in [0, 0.05) is 6.07 Å². The molecule has 0 saturated heterocycles. The molecule has 0 aromatic heterocycles. The maximum atomic E-state index is 12.5. The van der Waals surface area contributed by atoms with Crippen molar-refractivity contribution < 1.29 is 37.4 Å². The van der Waals surface area contributed by atoms with Crippen LogP contribution in [0.25, 0.3) is 0 Å². The topological polar surface area (TPSA) is 55.0 Å². The van der Waals surface area contributed by atoms with Crippen molar-refractivity contribution in [1.82, 2.24) is 0 Å². The zero-order chi connectivity index (χ0) is 21.6. The minimum absolute atomic E-state index is 0.0451. The van der Waals surface area contributed by atoms with E-state index in [9.17, 15) is 27.6 Å². The normalized spacial score (nSPS) is 10.3. The first-order valence-corrected chi connectivity index (χ1v) is 9.46. The van der Waals surface area contributed by atoms with Crippen LogP contribution < -0.4 is 25.3 Å². The largest absolute Gasteiger partial charge is 0.889 e. The molecule has 0 fully saturated rings. The Bertz CT molecular complexity index is 492. The molecule has 0 atom stereocenters. The van der Waals surface area contributed by atoms with Crippen LogP contribution in [0.1, 0.15) is 41.5 Å². The van der Waals surface area contributed by atoms with E-state index in [2.05, 4.69) is 41.5 Å². The second-order valence-electron chi connectivity index (χ2n) is 5.84. The summed E-state index contributed by atoms with van der Waals surface area (Å²) in [6, 6.07) is -0.0451. The van der Waals surface area contributed by atoms with Gasteiger partial charge in [0.25, 0.3) is 0 Å². The van der Waals surface area contributed by atoms with Gasteiger partial charge in [-0.2, -0.15) is 0 Å². The zero-order valence-corrected chi connectivity index (χ0v) is 17.2. The lowest BCUT2D eigenvalue weighted by Crippen LogP contribution is -3.11. The minimum Gasteiger partial charge on any atom is -0.889 e. The van der Waals surface area contributed by atoms with Crippen LogP contribution in [0, 0.1) is 23.3 Å². The predicted molar refractivity (Wildman–Crippen MR) is 96.8 cm³/mol. The molecule has 0 amide bonds. The van der Waals surface area contributed by atoms with E-state index in [0.29, 0.717) is 0 Å². The Labute approximate surface area is 160 Å². The molecular weight excluding hydrogens is 363 g/mol. The molecule has 0 radical (unpaired) electrons. The van der Waals surface area contributed by atoms with E-state index >= 15 is 0 Å². The van der Waals surface area contributed by atoms with E-state index < -0.39 is 35.9 Å². The molecule has 0 heterocycles. The van der Waals surface area contributed by atoms with Crippen molar-refractivity contribution in [3.8, 4) is 0 Å². The number of rotatable bonds is 7. The molecule has 2 N–H and O–H groups in total. The van der Waals surface area contributed by atoms with E-state index in [1.54, 1.807) is 9.80 Å². The van der Waals surface area contributed by atoms with Gasteiger partial charge in [0.05, 0.1) is 39.3 Å². The van der Waals surface area contributed by atoms with Gasteiger partial charge in [-0.25, -0.2) is 17.6 Å². The molecule has 0 aliphatic heterocycles. The average Bonchev–Trinajstić information content (AvgIpc) is 2.63. The Morgan fingerprint density at radius 3 is 1.22 bits per heavy atom. The number of nitrogens with one attached hydrogen (secondary N) is 2. The summed E-state index contributed by atoms with van der Waals surface area (Å²) in [6.07, 6.45) is 0. The van der Waals surface area contributed by atoms with Crippen molar-refractivity contribution >= 4 is 12.6 Å². The van der Waals surface area contributed by atoms with Crippen LogP contribution in [0.3, 0.4) is 0 Å². The van der Waals surface area contributed by atoms with Crippen LogP contribution in [-0.4, -0.2) is 46.4 Å². The molecule has 0 aliphatic rings. The summed E-state index contributed by atoms with van der Waals surface area (Å²) in [5.41, 5.74) is -1.53. The monoisotopic (exact) mass is 396 g/mol. The highest BCUT2D eigenvalue weighted by Gasteiger charge is 2.16. The van der Waals surface area contributed by atoms with Crippen LogP contribution in [0.15, 0.2) is 6.07 Å². The molecule has 0 aliphatic carbocycles. The van der Waals surface area contributed by atoms with Crippen LogP contribution in [-0.2, 0) is 0 Å². The molecule has 1 aromatic rings. The van der Waals surface area contributed by atoms with Crippen molar-refractivity contribution in [2.24, 2.45) is 0 Å². The summed E-state index contributed by atoms with van der Waals surface area (Å²) in [5, 5.41) is 20.2. The molecule has 0 bridgehead atoms. The SMILES string of the molecule is CC[NH+](CC)CC.CC[NH+](CC)CC.[O-]B([O-])c1c(F)cc(F)c(F)c1F. The number of hydrogen-bond donors (Lipinski definition) is 2. The molecule has 0 unspecified atom stereocenters. The smallest absolute Gasteiger partial charge is 0.193 e. The highest BCUT2D eigenvalue weighted by atomic mass is 19.2. The molecule has 9 heteroatoms. The van der Waals surface area contributed by atoms with Crippen molar-refractivity contribution in [3.63, 3.8) is 0 Å². The Kier molecular flexibility index (Phi) is 16.5. The van der Waals surface area contributed by atoms with Crippen LogP contribution in [0.5, 0.6) is 0 Å². The van der Waals surface area contributed by atoms with E-state index in [-0.39, 0.29) is 6.07 Å². The van der Waals surface area contributed by atoms with Crippen molar-refractivity contribution in [1.29, 1.82) is 0 Å². The maximum Gasteiger partial charge on any atom is 0.193 e. The first-order chi connectivity index (χ1) is 12.6. The van der Waals surface area contributed by atoms with Gasteiger partial charge in [-0.3, -0.25) is 0 Å². The number of quaternary nitrogens is 2. The van der Waals surface area contributed by atoms with Gasteiger partial charge < -0.3 is 19.8 Å². The number of halogens is 4. The first kappa shape index (κ1) is 28.1. The second kappa shape index (κ2) is 15.9. The molecule has 27 heavy (non-hydrogen) atoms. The summed E-state index contributed by atoms with van der Waals surface area (Å²) >= 11 is 0. The highest BCUT2D eigenvalue weighted by Crippen LogP contribution is 2.10. The maximum absolute atomic E-state index is 12.5. The molecular formula is C18H33BF4N2O2. The van der Waals surface area contributed by atoms with Gasteiger partial charge in [0.2, 0.25) is 0 Å². The third-order valence-electron chi connectivity index (χ3n) is 4.39. The Balaban J connectivity index is 0. The van der Waals surface area contributed by atoms with E-state index in [1.807, 2.05) is 0 Å². The lowest BCUT2D eigenvalue weighted by atomic mass is 9.79. The summed E-state index contributed by atoms with van der Waals surface area (Å²) in [5.74, 6) is -7.54. The van der Waals surface area contributed by atoms with Crippen molar-refractivity contribution in [3.05, 3.63) is 29.3 Å². The quantitative estimate of drug-likeness (QED) is 0.256. The van der Waals surface area contributed by atoms with Crippen LogP contribution in [0.4, 0.5) is 17.6 Å². The van der Waals surface area contributed by atoms with Crippen LogP contribution >= 0.6 is 0 Å². The Hall–Kier alpha value is -1.16. The zero-order valence-electron chi connectivity index (χ0n) is 17.2.